The predicted molar refractivity (Wildman–Crippen MR) is 60.5 cm³/mol. The van der Waals surface area contributed by atoms with Gasteiger partial charge in [0.1, 0.15) is 0 Å². The van der Waals surface area contributed by atoms with Gasteiger partial charge in [0.2, 0.25) is 5.91 Å². The molecule has 2 unspecified atom stereocenters. The molecule has 3 heteroatoms. The molecule has 15 heavy (non-hydrogen) atoms. The van der Waals surface area contributed by atoms with Crippen LogP contribution >= 0.6 is 0 Å². The fourth-order valence-electron chi connectivity index (χ4n) is 2.90. The summed E-state index contributed by atoms with van der Waals surface area (Å²) in [6.07, 6.45) is 5.07. The van der Waals surface area contributed by atoms with E-state index in [9.17, 15) is 4.79 Å². The highest BCUT2D eigenvalue weighted by molar-refractivity contribution is 5.82. The van der Waals surface area contributed by atoms with Gasteiger partial charge in [-0.25, -0.2) is 0 Å². The zero-order valence-corrected chi connectivity index (χ0v) is 9.59. The maximum absolute atomic E-state index is 11.7. The lowest BCUT2D eigenvalue weighted by atomic mass is 10.1. The number of fused-ring (bicyclic) bond motifs is 1. The number of nitrogens with one attached hydrogen (secondary N) is 2. The first-order valence-corrected chi connectivity index (χ1v) is 6.33. The van der Waals surface area contributed by atoms with Gasteiger partial charge >= 0.3 is 0 Å². The summed E-state index contributed by atoms with van der Waals surface area (Å²) in [5.74, 6) is 2.18. The smallest absolute Gasteiger partial charge is 0.223 e. The number of hydrogen-bond acceptors (Lipinski definition) is 2. The molecule has 2 N–H and O–H groups in total. The van der Waals surface area contributed by atoms with Gasteiger partial charge in [-0.15, -0.1) is 0 Å². The van der Waals surface area contributed by atoms with Gasteiger partial charge < -0.3 is 10.6 Å². The normalized spacial score (nSPS) is 32.5. The van der Waals surface area contributed by atoms with Crippen LogP contribution in [-0.4, -0.2) is 25.5 Å². The number of carbonyl (C=O) groups excluding carboxylic acids is 1. The standard InChI is InChI=1S/C12H22N2O/c1-2-6-13-7-8-14-12(15)11-9-4-3-5-10(9)11/h9-11,13H,2-8H2,1H3,(H,14,15). The van der Waals surface area contributed by atoms with Crippen molar-refractivity contribution in [3.05, 3.63) is 0 Å². The molecular weight excluding hydrogens is 188 g/mol. The van der Waals surface area contributed by atoms with Crippen LogP contribution < -0.4 is 10.6 Å². The summed E-state index contributed by atoms with van der Waals surface area (Å²) in [5, 5.41) is 6.32. The molecule has 2 atom stereocenters. The van der Waals surface area contributed by atoms with Gasteiger partial charge in [-0.3, -0.25) is 4.79 Å². The van der Waals surface area contributed by atoms with Crippen molar-refractivity contribution >= 4 is 5.91 Å². The molecule has 0 radical (unpaired) electrons. The Labute approximate surface area is 92.0 Å². The van der Waals surface area contributed by atoms with Crippen LogP contribution in [-0.2, 0) is 4.79 Å². The molecule has 3 nitrogen and oxygen atoms in total. The van der Waals surface area contributed by atoms with Gasteiger partial charge in [0.15, 0.2) is 0 Å². The summed E-state index contributed by atoms with van der Waals surface area (Å²) in [6, 6.07) is 0. The zero-order valence-electron chi connectivity index (χ0n) is 9.59. The maximum atomic E-state index is 11.7. The molecule has 86 valence electrons. The fraction of sp³-hybridized carbons (Fsp3) is 0.917. The molecule has 0 saturated heterocycles. The third-order valence-electron chi connectivity index (χ3n) is 3.74. The minimum Gasteiger partial charge on any atom is -0.355 e. The Morgan fingerprint density at radius 3 is 2.60 bits per heavy atom. The van der Waals surface area contributed by atoms with Crippen molar-refractivity contribution in [2.45, 2.75) is 32.6 Å². The quantitative estimate of drug-likeness (QED) is 0.646. The summed E-state index contributed by atoms with van der Waals surface area (Å²) >= 11 is 0. The molecule has 2 fully saturated rings. The van der Waals surface area contributed by atoms with E-state index >= 15 is 0 Å². The second-order valence-electron chi connectivity index (χ2n) is 4.83. The van der Waals surface area contributed by atoms with Crippen molar-refractivity contribution in [3.63, 3.8) is 0 Å². The SMILES string of the molecule is CCCNCCNC(=O)C1C2CCCC21. The van der Waals surface area contributed by atoms with Crippen molar-refractivity contribution in [2.75, 3.05) is 19.6 Å². The number of rotatable bonds is 6. The predicted octanol–water partition coefficient (Wildman–Crippen LogP) is 1.15. The Bertz CT molecular complexity index is 220. The summed E-state index contributed by atoms with van der Waals surface area (Å²) in [7, 11) is 0. The summed E-state index contributed by atoms with van der Waals surface area (Å²) < 4.78 is 0. The van der Waals surface area contributed by atoms with Gasteiger partial charge in [-0.2, -0.15) is 0 Å². The molecule has 2 rings (SSSR count). The van der Waals surface area contributed by atoms with Crippen molar-refractivity contribution in [2.24, 2.45) is 17.8 Å². The van der Waals surface area contributed by atoms with E-state index in [1.165, 1.54) is 19.3 Å². The van der Waals surface area contributed by atoms with Crippen LogP contribution in [0.2, 0.25) is 0 Å². The Kier molecular flexibility index (Phi) is 3.62. The average molecular weight is 210 g/mol. The lowest BCUT2D eigenvalue weighted by molar-refractivity contribution is -0.123. The third-order valence-corrected chi connectivity index (χ3v) is 3.74. The molecule has 2 aliphatic carbocycles. The van der Waals surface area contributed by atoms with E-state index in [1.54, 1.807) is 0 Å². The van der Waals surface area contributed by atoms with Crippen molar-refractivity contribution in [3.8, 4) is 0 Å². The average Bonchev–Trinajstić information content (AvgIpc) is 2.72. The molecule has 2 aliphatic rings. The third kappa shape index (κ3) is 2.51. The highest BCUT2D eigenvalue weighted by atomic mass is 16.2. The number of hydrogen-bond donors (Lipinski definition) is 2. The Balaban J connectivity index is 1.54. The molecule has 1 amide bonds. The number of carbonyl (C=O) groups is 1. The summed E-state index contributed by atoms with van der Waals surface area (Å²) in [5.41, 5.74) is 0. The highest BCUT2D eigenvalue weighted by Gasteiger charge is 2.56. The van der Waals surface area contributed by atoms with Crippen LogP contribution in [0.1, 0.15) is 32.6 Å². The van der Waals surface area contributed by atoms with Gasteiger partial charge in [0, 0.05) is 19.0 Å². The first kappa shape index (κ1) is 10.9. The lowest BCUT2D eigenvalue weighted by Gasteiger charge is -2.07. The van der Waals surface area contributed by atoms with Crippen LogP contribution in [0.5, 0.6) is 0 Å². The largest absolute Gasteiger partial charge is 0.355 e. The van der Waals surface area contributed by atoms with Crippen molar-refractivity contribution < 1.29 is 4.79 Å². The van der Waals surface area contributed by atoms with Crippen LogP contribution in [0, 0.1) is 17.8 Å². The zero-order chi connectivity index (χ0) is 10.7. The first-order chi connectivity index (χ1) is 7.34. The minimum absolute atomic E-state index is 0.308. The lowest BCUT2D eigenvalue weighted by Crippen LogP contribution is -2.33. The minimum atomic E-state index is 0.308. The molecule has 0 aromatic rings. The summed E-state index contributed by atoms with van der Waals surface area (Å²) in [6.45, 7) is 4.89. The van der Waals surface area contributed by atoms with E-state index < -0.39 is 0 Å². The Morgan fingerprint density at radius 2 is 1.93 bits per heavy atom. The molecule has 0 bridgehead atoms. The Hall–Kier alpha value is -0.570. The van der Waals surface area contributed by atoms with E-state index in [1.807, 2.05) is 0 Å². The van der Waals surface area contributed by atoms with Gasteiger partial charge in [0.05, 0.1) is 0 Å². The molecule has 0 heterocycles. The van der Waals surface area contributed by atoms with Gasteiger partial charge in [0.25, 0.3) is 0 Å². The van der Waals surface area contributed by atoms with E-state index in [2.05, 4.69) is 17.6 Å². The van der Waals surface area contributed by atoms with Crippen molar-refractivity contribution in [1.82, 2.24) is 10.6 Å². The van der Waals surface area contributed by atoms with E-state index in [0.29, 0.717) is 11.8 Å². The van der Waals surface area contributed by atoms with Crippen LogP contribution in [0.15, 0.2) is 0 Å². The van der Waals surface area contributed by atoms with Crippen LogP contribution in [0.4, 0.5) is 0 Å². The fourth-order valence-corrected chi connectivity index (χ4v) is 2.90. The second kappa shape index (κ2) is 4.97. The second-order valence-corrected chi connectivity index (χ2v) is 4.83. The van der Waals surface area contributed by atoms with Gasteiger partial charge in [-0.1, -0.05) is 13.3 Å². The Morgan fingerprint density at radius 1 is 1.20 bits per heavy atom. The number of amides is 1. The first-order valence-electron chi connectivity index (χ1n) is 6.33. The van der Waals surface area contributed by atoms with Crippen LogP contribution in [0.3, 0.4) is 0 Å². The van der Waals surface area contributed by atoms with E-state index in [-0.39, 0.29) is 0 Å². The van der Waals surface area contributed by atoms with Crippen LogP contribution in [0.25, 0.3) is 0 Å². The molecule has 0 aromatic carbocycles. The molecule has 0 spiro atoms. The summed E-state index contributed by atoms with van der Waals surface area (Å²) in [4.78, 5) is 11.7. The molecule has 2 saturated carbocycles. The topological polar surface area (TPSA) is 41.1 Å². The molecular formula is C12H22N2O. The van der Waals surface area contributed by atoms with E-state index in [0.717, 1.165) is 37.9 Å². The van der Waals surface area contributed by atoms with E-state index in [4.69, 9.17) is 0 Å². The van der Waals surface area contributed by atoms with Gasteiger partial charge in [-0.05, 0) is 37.6 Å². The molecule has 0 aromatic heterocycles. The highest BCUT2D eigenvalue weighted by Crippen LogP contribution is 2.57. The maximum Gasteiger partial charge on any atom is 0.223 e. The monoisotopic (exact) mass is 210 g/mol. The van der Waals surface area contributed by atoms with Crippen molar-refractivity contribution in [1.29, 1.82) is 0 Å². The molecule has 0 aliphatic heterocycles.